The van der Waals surface area contributed by atoms with Gasteiger partial charge in [0.1, 0.15) is 11.3 Å². The summed E-state index contributed by atoms with van der Waals surface area (Å²) in [6.07, 6.45) is 1.42. The maximum absolute atomic E-state index is 11.6. The summed E-state index contributed by atoms with van der Waals surface area (Å²) in [5.41, 5.74) is 0.577. The molecular weight excluding hydrogens is 280 g/mol. The molecule has 102 valence electrons. The zero-order valence-electron chi connectivity index (χ0n) is 10.4. The van der Waals surface area contributed by atoms with E-state index in [2.05, 4.69) is 10.6 Å². The van der Waals surface area contributed by atoms with E-state index >= 15 is 0 Å². The molecule has 0 atom stereocenters. The fraction of sp³-hybridized carbons (Fsp3) is 0.0769. The van der Waals surface area contributed by atoms with Crippen LogP contribution in [0.4, 0.5) is 0 Å². The van der Waals surface area contributed by atoms with Gasteiger partial charge in [-0.2, -0.15) is 0 Å². The number of carbonyl (C=O) groups is 3. The predicted octanol–water partition coefficient (Wildman–Crippen LogP) is 0.526. The van der Waals surface area contributed by atoms with E-state index in [1.54, 1.807) is 24.3 Å². The van der Waals surface area contributed by atoms with E-state index in [4.69, 9.17) is 17.0 Å². The van der Waals surface area contributed by atoms with E-state index in [0.717, 1.165) is 0 Å². The molecule has 1 aliphatic heterocycles. The second-order valence-electron chi connectivity index (χ2n) is 3.96. The maximum Gasteiger partial charge on any atom is 0.308 e. The Bertz CT molecular complexity index is 612. The first-order valence-corrected chi connectivity index (χ1v) is 6.03. The first kappa shape index (κ1) is 13.9. The number of rotatable bonds is 2. The third-order valence-corrected chi connectivity index (χ3v) is 2.60. The number of hydrogen-bond donors (Lipinski definition) is 2. The number of thiocarbonyl (C=S) groups is 1. The number of benzene rings is 1. The minimum Gasteiger partial charge on any atom is -0.427 e. The van der Waals surface area contributed by atoms with Crippen LogP contribution in [0.2, 0.25) is 0 Å². The predicted molar refractivity (Wildman–Crippen MR) is 74.6 cm³/mol. The molecule has 7 heteroatoms. The van der Waals surface area contributed by atoms with E-state index in [1.165, 1.54) is 13.0 Å². The van der Waals surface area contributed by atoms with Crippen molar-refractivity contribution in [2.24, 2.45) is 0 Å². The van der Waals surface area contributed by atoms with Crippen LogP contribution < -0.4 is 15.4 Å². The summed E-state index contributed by atoms with van der Waals surface area (Å²) in [5.74, 6) is -1.14. The molecule has 2 amide bonds. The van der Waals surface area contributed by atoms with E-state index < -0.39 is 17.8 Å². The van der Waals surface area contributed by atoms with Crippen LogP contribution in [-0.2, 0) is 14.4 Å². The topological polar surface area (TPSA) is 84.5 Å². The molecule has 1 aromatic carbocycles. The fourth-order valence-corrected chi connectivity index (χ4v) is 1.76. The normalized spacial score (nSPS) is 14.4. The van der Waals surface area contributed by atoms with Crippen LogP contribution in [0.5, 0.6) is 5.75 Å². The lowest BCUT2D eigenvalue weighted by molar-refractivity contribution is -0.132. The Balaban J connectivity index is 2.22. The van der Waals surface area contributed by atoms with Crippen molar-refractivity contribution < 1.29 is 19.1 Å². The van der Waals surface area contributed by atoms with Crippen LogP contribution in [0.15, 0.2) is 29.8 Å². The first-order chi connectivity index (χ1) is 9.45. The summed E-state index contributed by atoms with van der Waals surface area (Å²) in [4.78, 5) is 34.0. The summed E-state index contributed by atoms with van der Waals surface area (Å²) in [6.45, 7) is 1.30. The van der Waals surface area contributed by atoms with Crippen molar-refractivity contribution in [3.05, 3.63) is 35.4 Å². The van der Waals surface area contributed by atoms with Crippen molar-refractivity contribution in [1.82, 2.24) is 10.6 Å². The lowest BCUT2D eigenvalue weighted by Crippen LogP contribution is -2.51. The van der Waals surface area contributed by atoms with E-state index in [9.17, 15) is 14.4 Å². The lowest BCUT2D eigenvalue weighted by atomic mass is 10.1. The monoisotopic (exact) mass is 290 g/mol. The number of nitrogens with one attached hydrogen (secondary N) is 2. The van der Waals surface area contributed by atoms with Gasteiger partial charge in [-0.3, -0.25) is 25.0 Å². The summed E-state index contributed by atoms with van der Waals surface area (Å²) < 4.78 is 4.88. The molecule has 1 aromatic rings. The van der Waals surface area contributed by atoms with Crippen molar-refractivity contribution in [1.29, 1.82) is 0 Å². The molecule has 0 unspecified atom stereocenters. The molecule has 0 saturated carbocycles. The summed E-state index contributed by atoms with van der Waals surface area (Å²) in [5, 5.41) is 4.67. The number of esters is 1. The SMILES string of the molecule is CC(=O)Oc1ccc(C=C2C(=O)NC(=S)NC2=O)cc1. The highest BCUT2D eigenvalue weighted by molar-refractivity contribution is 7.80. The fourth-order valence-electron chi connectivity index (χ4n) is 1.57. The molecular formula is C13H10N2O4S. The summed E-state index contributed by atoms with van der Waals surface area (Å²) in [7, 11) is 0. The number of amides is 2. The molecule has 2 rings (SSSR count). The standard InChI is InChI=1S/C13H10N2O4S/c1-7(16)19-9-4-2-8(3-5-9)6-10-11(17)14-13(20)15-12(10)18/h2-6H,1H3,(H2,14,15,17,18,20). The van der Waals surface area contributed by atoms with Gasteiger partial charge >= 0.3 is 5.97 Å². The molecule has 1 aliphatic rings. The average Bonchev–Trinajstić information content (AvgIpc) is 2.35. The van der Waals surface area contributed by atoms with Gasteiger partial charge in [-0.15, -0.1) is 0 Å². The van der Waals surface area contributed by atoms with Crippen molar-refractivity contribution in [2.45, 2.75) is 6.92 Å². The molecule has 0 radical (unpaired) electrons. The largest absolute Gasteiger partial charge is 0.427 e. The van der Waals surface area contributed by atoms with Crippen LogP contribution >= 0.6 is 12.2 Å². The molecule has 0 aromatic heterocycles. The molecule has 0 spiro atoms. The van der Waals surface area contributed by atoms with Crippen molar-refractivity contribution >= 4 is 41.2 Å². The molecule has 1 heterocycles. The highest BCUT2D eigenvalue weighted by Gasteiger charge is 2.25. The Labute approximate surface area is 119 Å². The second-order valence-corrected chi connectivity index (χ2v) is 4.37. The summed E-state index contributed by atoms with van der Waals surface area (Å²) >= 11 is 4.70. The summed E-state index contributed by atoms with van der Waals surface area (Å²) in [6, 6.07) is 6.38. The zero-order chi connectivity index (χ0) is 14.7. The zero-order valence-corrected chi connectivity index (χ0v) is 11.2. The van der Waals surface area contributed by atoms with Crippen LogP contribution in [-0.4, -0.2) is 22.9 Å². The van der Waals surface area contributed by atoms with Gasteiger partial charge in [0, 0.05) is 6.92 Å². The van der Waals surface area contributed by atoms with Gasteiger partial charge in [-0.25, -0.2) is 0 Å². The average molecular weight is 290 g/mol. The minimum absolute atomic E-state index is 0.0117. The number of hydrogen-bond acceptors (Lipinski definition) is 5. The van der Waals surface area contributed by atoms with Crippen molar-refractivity contribution in [2.75, 3.05) is 0 Å². The number of ether oxygens (including phenoxy) is 1. The van der Waals surface area contributed by atoms with E-state index in [-0.39, 0.29) is 10.7 Å². The molecule has 6 nitrogen and oxygen atoms in total. The van der Waals surface area contributed by atoms with Gasteiger partial charge in [0.25, 0.3) is 11.8 Å². The Hall–Kier alpha value is -2.54. The van der Waals surface area contributed by atoms with Gasteiger partial charge in [0.05, 0.1) is 0 Å². The van der Waals surface area contributed by atoms with E-state index in [1.807, 2.05) is 0 Å². The van der Waals surface area contributed by atoms with Gasteiger partial charge in [0.15, 0.2) is 5.11 Å². The Morgan fingerprint density at radius 2 is 1.70 bits per heavy atom. The molecule has 1 fully saturated rings. The first-order valence-electron chi connectivity index (χ1n) is 5.62. The highest BCUT2D eigenvalue weighted by Crippen LogP contribution is 2.15. The van der Waals surface area contributed by atoms with E-state index in [0.29, 0.717) is 11.3 Å². The molecule has 2 N–H and O–H groups in total. The molecule has 0 bridgehead atoms. The van der Waals surface area contributed by atoms with Crippen LogP contribution in [0.1, 0.15) is 12.5 Å². The van der Waals surface area contributed by atoms with Crippen molar-refractivity contribution in [3.8, 4) is 5.75 Å². The maximum atomic E-state index is 11.6. The molecule has 0 aliphatic carbocycles. The Morgan fingerprint density at radius 3 is 2.20 bits per heavy atom. The van der Waals surface area contributed by atoms with Gasteiger partial charge in [-0.05, 0) is 36.0 Å². The van der Waals surface area contributed by atoms with Gasteiger partial charge in [-0.1, -0.05) is 12.1 Å². The molecule has 1 saturated heterocycles. The minimum atomic E-state index is -0.553. The Morgan fingerprint density at radius 1 is 1.15 bits per heavy atom. The van der Waals surface area contributed by atoms with Crippen LogP contribution in [0, 0.1) is 0 Å². The quantitative estimate of drug-likeness (QED) is 0.273. The van der Waals surface area contributed by atoms with Gasteiger partial charge < -0.3 is 4.74 Å². The Kier molecular flexibility index (Phi) is 3.90. The smallest absolute Gasteiger partial charge is 0.308 e. The lowest BCUT2D eigenvalue weighted by Gasteiger charge is -2.16. The van der Waals surface area contributed by atoms with Gasteiger partial charge in [0.2, 0.25) is 0 Å². The third kappa shape index (κ3) is 3.27. The van der Waals surface area contributed by atoms with Crippen molar-refractivity contribution in [3.63, 3.8) is 0 Å². The third-order valence-electron chi connectivity index (χ3n) is 2.40. The molecule has 20 heavy (non-hydrogen) atoms. The number of carbonyl (C=O) groups excluding carboxylic acids is 3. The van der Waals surface area contributed by atoms with Crippen LogP contribution in [0.25, 0.3) is 6.08 Å². The second kappa shape index (κ2) is 5.62. The van der Waals surface area contributed by atoms with Crippen LogP contribution in [0.3, 0.4) is 0 Å². The highest BCUT2D eigenvalue weighted by atomic mass is 32.1.